The van der Waals surface area contributed by atoms with Crippen LogP contribution in [-0.2, 0) is 150 Å². The van der Waals surface area contributed by atoms with E-state index < -0.39 is 88.0 Å². The molecule has 0 aliphatic heterocycles. The van der Waals surface area contributed by atoms with E-state index in [4.69, 9.17) is 78.7 Å². The Labute approximate surface area is 918 Å². The molecule has 0 bridgehead atoms. The quantitative estimate of drug-likeness (QED) is 0.00419. The van der Waals surface area contributed by atoms with Crippen molar-refractivity contribution in [3.63, 3.8) is 0 Å². The van der Waals surface area contributed by atoms with Crippen molar-refractivity contribution in [1.82, 2.24) is 10.6 Å². The number of aliphatic carboxylic acids is 1. The molecule has 0 spiro atoms. The molecule has 794 valence electrons. The third kappa shape index (κ3) is 90.6. The van der Waals surface area contributed by atoms with E-state index in [0.29, 0.717) is 51.1 Å². The van der Waals surface area contributed by atoms with E-state index in [2.05, 4.69) is 136 Å². The van der Waals surface area contributed by atoms with Crippen molar-refractivity contribution >= 4 is 164 Å². The average molecular weight is 2240 g/mol. The molecule has 7 aromatic rings. The smallest absolute Gasteiger partial charge is 0.870 e. The number of Topliss-reactive ketones (excluding diaryl/α,β-unsaturated/α-hetero) is 3. The molecule has 0 aliphatic rings. The number of alkyl halides is 4. The van der Waals surface area contributed by atoms with Crippen molar-refractivity contribution in [2.24, 2.45) is 5.41 Å². The molecule has 0 fully saturated rings. The van der Waals surface area contributed by atoms with Crippen molar-refractivity contribution in [2.75, 3.05) is 70.5 Å². The molecule has 0 heterocycles. The van der Waals surface area contributed by atoms with Gasteiger partial charge in [0.15, 0.2) is 17.1 Å². The Kier molecular flexibility index (Phi) is 101. The Morgan fingerprint density at radius 1 is 0.431 bits per heavy atom. The standard InChI is InChI=1S/C19H26O5.C17H23NO4.C12H14O3.C11H14O2.C10H12O2.C9H11I.C9H15NO5.C9H12O.C2H3ClO.C2HF3O2.C2H5O.2CH4.Al.3ClH.Li.Na.H2O/c1-14-5-7-18(8-6-14)9-10-19(11-15(2)20,12-23-16(3)21)13-24-17(4)22;1-5-22-16(21)17(13(3)19,18-14(4)20)11-10-15-8-6-12(2)7-9-15;1-9(13)12-5-3-11(4-6-12)7-8-15-10(2)14;1-9-3-5-11(6-4-9)7-8-13-10(2)12;1-9(11)12-8-7-10-5-3-2-4-6-10;1-8-2-4-9(5-3-8)6-7-10;1-4-14-8(12)7(10-6(3)11)9(13)15-5-2;1-8-2-4-9(5-3-8)6-7-10;1-2(3)4;3-2(4,5)1(6)7;1-2-3;;;;;;;;;/h5-8H,9-13H2,1-4H3;6-9H,5,10-11H2,1-4H3,(H,18,20);3-6H,7-8H2,1-2H3;3-6H,7-8H2,1-2H3;2-6H,7-8H2,1H3;2-5H,6-7H2,1H3;7H,4-5H2,1-3H3,(H,10,11);2-5,10H,6-7H2,1H3;1H3;(H,6,7);2H2,1H3;2*1H4;;3*1H;;;1H2/q;;;;;;;;;;-1;;;+3;;;;2*+1;/p-4. The number of aryl methyl sites for hydroxylation is 8. The summed E-state index contributed by atoms with van der Waals surface area (Å²) in [6.07, 6.45) is 1.27. The van der Waals surface area contributed by atoms with Gasteiger partial charge in [0.1, 0.15) is 19.0 Å². The van der Waals surface area contributed by atoms with Crippen molar-refractivity contribution in [1.29, 1.82) is 0 Å². The van der Waals surface area contributed by atoms with Gasteiger partial charge in [0.2, 0.25) is 23.1 Å². The minimum absolute atomic E-state index is 0. The molecule has 0 aliphatic carbocycles. The molecular formula is C104H145AlCl4F3ILiN2NaO27. The van der Waals surface area contributed by atoms with Crippen LogP contribution >= 0.6 is 64.3 Å². The number of carbonyl (C=O) groups excluding carboxylic acids is 14. The Morgan fingerprint density at radius 2 is 0.701 bits per heavy atom. The first-order chi connectivity index (χ1) is 65.1. The van der Waals surface area contributed by atoms with Gasteiger partial charge >= 0.3 is 120 Å². The topological polar surface area (TPSA) is 447 Å². The number of aliphatic hydroxyl groups is 1. The van der Waals surface area contributed by atoms with E-state index in [-0.39, 0.29) is 163 Å². The van der Waals surface area contributed by atoms with Crippen LogP contribution in [0.15, 0.2) is 176 Å². The number of halogens is 8. The first-order valence-electron chi connectivity index (χ1n) is 43.9. The molecule has 0 saturated carbocycles. The minimum Gasteiger partial charge on any atom is -0.870 e. The van der Waals surface area contributed by atoms with Crippen molar-refractivity contribution < 1.29 is 192 Å². The Hall–Kier alpha value is -8.92. The van der Waals surface area contributed by atoms with Gasteiger partial charge in [-0.1, -0.05) is 248 Å². The van der Waals surface area contributed by atoms with Crippen molar-refractivity contribution in [3.05, 3.63) is 248 Å². The summed E-state index contributed by atoms with van der Waals surface area (Å²) >= 11 is 5.31. The summed E-state index contributed by atoms with van der Waals surface area (Å²) in [7, 11) is 14.8. The van der Waals surface area contributed by atoms with Gasteiger partial charge in [-0.05, 0) is 165 Å². The van der Waals surface area contributed by atoms with E-state index >= 15 is 0 Å². The van der Waals surface area contributed by atoms with Gasteiger partial charge < -0.3 is 74.1 Å². The van der Waals surface area contributed by atoms with Crippen LogP contribution in [0.3, 0.4) is 0 Å². The molecule has 7 rings (SSSR count). The van der Waals surface area contributed by atoms with E-state index in [1.54, 1.807) is 39.8 Å². The van der Waals surface area contributed by atoms with Gasteiger partial charge in [-0.3, -0.25) is 47.9 Å². The second-order valence-electron chi connectivity index (χ2n) is 30.1. The fourth-order valence-corrected chi connectivity index (χ4v) is 11.3. The first kappa shape index (κ1) is 155. The summed E-state index contributed by atoms with van der Waals surface area (Å²) in [6, 6.07) is 57.0. The minimum atomic E-state index is -5.08. The number of carboxylic acid groups (broad SMARTS) is 1. The van der Waals surface area contributed by atoms with Crippen LogP contribution < -0.4 is 64.2 Å². The monoisotopic (exact) mass is 2230 g/mol. The number of aliphatic hydroxyl groups excluding tert-OH is 1. The number of carboxylic acids is 1. The molecule has 7 aromatic carbocycles. The van der Waals surface area contributed by atoms with Gasteiger partial charge in [0.05, 0.1) is 39.6 Å². The summed E-state index contributed by atoms with van der Waals surface area (Å²) in [6.45, 7) is 33.7. The molecule has 144 heavy (non-hydrogen) atoms. The van der Waals surface area contributed by atoms with Gasteiger partial charge in [-0.15, -0.1) is 6.61 Å². The van der Waals surface area contributed by atoms with Crippen LogP contribution in [0.25, 0.3) is 0 Å². The Morgan fingerprint density at radius 3 is 0.944 bits per heavy atom. The fraction of sp³-hybridized carbons (Fsp3) is 0.452. The maximum atomic E-state index is 12.3. The van der Waals surface area contributed by atoms with Gasteiger partial charge in [-0.25, -0.2) is 49.3 Å². The summed E-state index contributed by atoms with van der Waals surface area (Å²) in [5.41, 5.74) is 12.8. The Balaban J connectivity index is -0.000000175. The number of ketones is 3. The normalized spacial score (nSPS) is 9.91. The van der Waals surface area contributed by atoms with Crippen LogP contribution in [0.4, 0.5) is 13.2 Å². The number of benzene rings is 7. The van der Waals surface area contributed by atoms with Crippen LogP contribution in [0.1, 0.15) is 215 Å². The second-order valence-corrected chi connectivity index (χ2v) is 38.1. The number of hydrogen-bond acceptors (Lipinski definition) is 26. The van der Waals surface area contributed by atoms with E-state index in [1.165, 1.54) is 132 Å². The average Bonchev–Trinajstić information content (AvgIpc) is 0.806. The summed E-state index contributed by atoms with van der Waals surface area (Å²) < 4.78 is 72.0. The predicted molar refractivity (Wildman–Crippen MR) is 555 cm³/mol. The predicted octanol–water partition coefficient (Wildman–Crippen LogP) is 12.5. The van der Waals surface area contributed by atoms with E-state index in [9.17, 15) is 80.3 Å². The molecule has 1 atom stereocenters. The molecule has 0 saturated heterocycles. The van der Waals surface area contributed by atoms with Crippen molar-refractivity contribution in [3.8, 4) is 0 Å². The molecule has 1 unspecified atom stereocenters. The number of ether oxygens (including phenoxy) is 8. The summed E-state index contributed by atoms with van der Waals surface area (Å²) in [5.74, 6) is -7.95. The van der Waals surface area contributed by atoms with Crippen molar-refractivity contribution in [2.45, 2.75) is 235 Å². The number of nitrogens with one attached hydrogen (secondary N) is 2. The third-order valence-corrected chi connectivity index (χ3v) is 18.0. The Bertz CT molecular complexity index is 4630. The fourth-order valence-electron chi connectivity index (χ4n) is 10.7. The summed E-state index contributed by atoms with van der Waals surface area (Å²) in [5, 5.41) is 28.9. The van der Waals surface area contributed by atoms with Gasteiger partial charge in [0.25, 0.3) is 0 Å². The van der Waals surface area contributed by atoms with Crippen LogP contribution in [0.5, 0.6) is 0 Å². The van der Waals surface area contributed by atoms with Gasteiger partial charge in [-0.2, -0.15) is 13.2 Å². The van der Waals surface area contributed by atoms with E-state index in [1.807, 2.05) is 117 Å². The van der Waals surface area contributed by atoms with Crippen LogP contribution in [0, 0.1) is 40.0 Å². The zero-order valence-electron chi connectivity index (χ0n) is 85.4. The largest absolute Gasteiger partial charge is 1.00 e. The molecule has 29 nitrogen and oxygen atoms in total. The molecule has 40 heteroatoms. The molecule has 0 radical (unpaired) electrons. The van der Waals surface area contributed by atoms with Crippen LogP contribution in [-0.4, -0.2) is 203 Å². The third-order valence-electron chi connectivity index (χ3n) is 17.4. The SMILES string of the molecule is C.C.CC(=O)CC(CCc1ccc(C)cc1)(COC(C)=O)COC(C)=O.CC(=O)Cl.CC(=O)OCCc1ccc(C(C)=O)cc1.CC(=O)OCCc1ccc(C)cc1.CC(=O)OCCc1ccccc1.CCOC(=O)C(CCc1ccc(C)cc1)(NC(C)=O)C(C)=O.CCOC(=O)C(NC(C)=O)C(=O)OCC.CC[O-].Cc1ccc(CCI)cc1.Cc1ccc(CCO)cc1.O=C(O)C(F)(F)F.[Cl][Al]([Cl])[Cl].[Li+].[Na+].[OH-]. The number of rotatable bonds is 35. The zero-order valence-corrected chi connectivity index (χ0v) is 93.7. The number of hydrogen-bond donors (Lipinski definition) is 4. The summed E-state index contributed by atoms with van der Waals surface area (Å²) in [4.78, 5) is 164. The molecule has 0 aromatic heterocycles. The van der Waals surface area contributed by atoms with E-state index in [0.717, 1.165) is 41.5 Å². The number of carbonyl (C=O) groups is 15. The molecule has 5 N–H and O–H groups in total. The first-order valence-corrected chi connectivity index (χ1v) is 51.0. The number of esters is 8. The maximum Gasteiger partial charge on any atom is 1.00 e. The zero-order chi connectivity index (χ0) is 107. The van der Waals surface area contributed by atoms with Crippen LogP contribution in [0.2, 0.25) is 0 Å². The van der Waals surface area contributed by atoms with Gasteiger partial charge in [0, 0.05) is 103 Å². The maximum absolute atomic E-state index is 12.3. The number of amides is 2. The molecule has 2 amide bonds. The second kappa shape index (κ2) is 93.8. The molecular weight excluding hydrogens is 2090 g/mol.